The minimum absolute atomic E-state index is 0.00138. The van der Waals surface area contributed by atoms with Gasteiger partial charge in [-0.15, -0.1) is 0 Å². The third-order valence-electron chi connectivity index (χ3n) is 8.79. The van der Waals surface area contributed by atoms with Crippen LogP contribution in [0.2, 0.25) is 5.02 Å². The molecule has 0 bridgehead atoms. The number of halogens is 1. The smallest absolute Gasteiger partial charge is 0.264 e. The highest BCUT2D eigenvalue weighted by Crippen LogP contribution is 2.34. The molecule has 0 heterocycles. The van der Waals surface area contributed by atoms with Gasteiger partial charge in [-0.05, 0) is 54.3 Å². The number of nitrogens with one attached hydrogen (secondary N) is 1. The van der Waals surface area contributed by atoms with Crippen LogP contribution in [0.5, 0.6) is 11.5 Å². The lowest BCUT2D eigenvalue weighted by Gasteiger charge is -2.35. The minimum Gasteiger partial charge on any atom is -0.493 e. The molecule has 0 saturated heterocycles. The summed E-state index contributed by atoms with van der Waals surface area (Å²) >= 11 is 6.62. The van der Waals surface area contributed by atoms with Gasteiger partial charge >= 0.3 is 0 Å². The second-order valence-electron chi connectivity index (χ2n) is 12.0. The molecule has 0 aliphatic heterocycles. The molecule has 1 saturated carbocycles. The molecule has 9 nitrogen and oxygen atoms in total. The Labute approximate surface area is 293 Å². The third-order valence-corrected chi connectivity index (χ3v) is 10.9. The van der Waals surface area contributed by atoms with Crippen molar-refractivity contribution in [1.29, 1.82) is 0 Å². The number of hydrogen-bond donors (Lipinski definition) is 1. The SMILES string of the molecule is COc1ccc(N(CC(=O)N(Cc2ccccc2Cl)C(Cc2ccccc2)C(=O)NC2CCCCC2)S(=O)(=O)c2ccccc2)cc1OC. The lowest BCUT2D eigenvalue weighted by Crippen LogP contribution is -2.55. The summed E-state index contributed by atoms with van der Waals surface area (Å²) < 4.78 is 40.5. The van der Waals surface area contributed by atoms with Gasteiger partial charge in [-0.3, -0.25) is 13.9 Å². The van der Waals surface area contributed by atoms with Gasteiger partial charge in [-0.25, -0.2) is 8.42 Å². The molecule has 5 rings (SSSR count). The van der Waals surface area contributed by atoms with E-state index < -0.39 is 28.5 Å². The van der Waals surface area contributed by atoms with E-state index in [1.807, 2.05) is 36.4 Å². The summed E-state index contributed by atoms with van der Waals surface area (Å²) in [5, 5.41) is 3.65. The number of rotatable bonds is 14. The molecule has 1 N–H and O–H groups in total. The second-order valence-corrected chi connectivity index (χ2v) is 14.3. The maximum Gasteiger partial charge on any atom is 0.264 e. The standard InChI is InChI=1S/C38H42ClN3O6S/c1-47-35-23-22-31(25-36(35)48-2)42(49(45,46)32-19-10-5-11-20-32)27-37(43)41(26-29-16-12-13-21-33(29)39)34(24-28-14-6-3-7-15-28)38(44)40-30-17-8-4-9-18-30/h3,5-7,10-16,19-23,25,30,34H,4,8-9,17-18,24,26-27H2,1-2H3,(H,40,44). The third kappa shape index (κ3) is 8.93. The molecule has 4 aromatic carbocycles. The van der Waals surface area contributed by atoms with Crippen LogP contribution in [0, 0.1) is 0 Å². The number of anilines is 1. The maximum atomic E-state index is 14.8. The first-order chi connectivity index (χ1) is 23.7. The lowest BCUT2D eigenvalue weighted by atomic mass is 9.94. The fraction of sp³-hybridized carbons (Fsp3) is 0.316. The highest BCUT2D eigenvalue weighted by atomic mass is 35.5. The number of benzene rings is 4. The van der Waals surface area contributed by atoms with Gasteiger partial charge in [-0.2, -0.15) is 0 Å². The van der Waals surface area contributed by atoms with E-state index in [0.717, 1.165) is 42.0 Å². The Hall–Kier alpha value is -4.54. The monoisotopic (exact) mass is 703 g/mol. The van der Waals surface area contributed by atoms with Crippen LogP contribution >= 0.6 is 11.6 Å². The number of sulfonamides is 1. The number of carbonyl (C=O) groups is 2. The Kier molecular flexibility index (Phi) is 12.2. The van der Waals surface area contributed by atoms with E-state index in [1.54, 1.807) is 48.5 Å². The van der Waals surface area contributed by atoms with E-state index in [0.29, 0.717) is 22.1 Å². The normalized spacial score (nSPS) is 14.0. The summed E-state index contributed by atoms with van der Waals surface area (Å²) in [5.74, 6) is -0.173. The first-order valence-corrected chi connectivity index (χ1v) is 18.2. The molecule has 11 heteroatoms. The molecular weight excluding hydrogens is 662 g/mol. The first kappa shape index (κ1) is 35.8. The van der Waals surface area contributed by atoms with Gasteiger partial charge in [-0.1, -0.05) is 97.6 Å². The maximum absolute atomic E-state index is 14.8. The number of nitrogens with zero attached hydrogens (tertiary/aromatic N) is 2. The fourth-order valence-corrected chi connectivity index (χ4v) is 7.76. The molecule has 0 aromatic heterocycles. The number of ether oxygens (including phenoxy) is 2. The van der Waals surface area contributed by atoms with E-state index in [4.69, 9.17) is 21.1 Å². The Morgan fingerprint density at radius 2 is 1.47 bits per heavy atom. The Bertz CT molecular complexity index is 1820. The number of hydrogen-bond acceptors (Lipinski definition) is 6. The summed E-state index contributed by atoms with van der Waals surface area (Å²) in [5.41, 5.74) is 1.68. The van der Waals surface area contributed by atoms with E-state index in [2.05, 4.69) is 5.32 Å². The summed E-state index contributed by atoms with van der Waals surface area (Å²) in [6, 6.07) is 28.2. The Morgan fingerprint density at radius 1 is 0.837 bits per heavy atom. The van der Waals surface area contributed by atoms with Crippen LogP contribution in [0.25, 0.3) is 0 Å². The molecule has 4 aromatic rings. The van der Waals surface area contributed by atoms with Crippen molar-refractivity contribution in [3.63, 3.8) is 0 Å². The van der Waals surface area contributed by atoms with Gasteiger partial charge in [0.1, 0.15) is 12.6 Å². The first-order valence-electron chi connectivity index (χ1n) is 16.4. The van der Waals surface area contributed by atoms with Crippen LogP contribution in [0.1, 0.15) is 43.2 Å². The van der Waals surface area contributed by atoms with Gasteiger partial charge in [0.15, 0.2) is 11.5 Å². The molecule has 1 fully saturated rings. The largest absolute Gasteiger partial charge is 0.493 e. The molecule has 0 spiro atoms. The molecule has 1 aliphatic carbocycles. The number of carbonyl (C=O) groups excluding carboxylic acids is 2. The van der Waals surface area contributed by atoms with E-state index in [9.17, 15) is 18.0 Å². The predicted molar refractivity (Wildman–Crippen MR) is 191 cm³/mol. The van der Waals surface area contributed by atoms with Crippen LogP contribution in [0.4, 0.5) is 5.69 Å². The summed E-state index contributed by atoms with van der Waals surface area (Å²) in [7, 11) is -1.34. The lowest BCUT2D eigenvalue weighted by molar-refractivity contribution is -0.140. The average Bonchev–Trinajstić information content (AvgIpc) is 3.13. The van der Waals surface area contributed by atoms with Crippen molar-refractivity contribution in [2.45, 2.75) is 62.0 Å². The zero-order valence-corrected chi connectivity index (χ0v) is 29.3. The van der Waals surface area contributed by atoms with Gasteiger partial charge in [0.25, 0.3) is 10.0 Å². The van der Waals surface area contributed by atoms with Gasteiger partial charge in [0.2, 0.25) is 11.8 Å². The predicted octanol–water partition coefficient (Wildman–Crippen LogP) is 6.64. The van der Waals surface area contributed by atoms with E-state index in [-0.39, 0.29) is 35.5 Å². The van der Waals surface area contributed by atoms with Crippen molar-refractivity contribution < 1.29 is 27.5 Å². The molecular formula is C38H42ClN3O6S. The van der Waals surface area contributed by atoms with E-state index in [1.165, 1.54) is 37.3 Å². The van der Waals surface area contributed by atoms with Crippen molar-refractivity contribution in [3.05, 3.63) is 119 Å². The number of methoxy groups -OCH3 is 2. The van der Waals surface area contributed by atoms with Gasteiger partial charge in [0.05, 0.1) is 24.8 Å². The van der Waals surface area contributed by atoms with Crippen LogP contribution in [-0.4, -0.2) is 58.0 Å². The molecule has 0 radical (unpaired) electrons. The van der Waals surface area contributed by atoms with Gasteiger partial charge < -0.3 is 19.7 Å². The molecule has 258 valence electrons. The van der Waals surface area contributed by atoms with Crippen molar-refractivity contribution in [3.8, 4) is 11.5 Å². The number of amides is 2. The second kappa shape index (κ2) is 16.7. The molecule has 1 aliphatic rings. The quantitative estimate of drug-likeness (QED) is 0.158. The molecule has 2 amide bonds. The van der Waals surface area contributed by atoms with Crippen LogP contribution < -0.4 is 19.1 Å². The zero-order chi connectivity index (χ0) is 34.8. The molecule has 1 unspecified atom stereocenters. The van der Waals surface area contributed by atoms with Gasteiger partial charge in [0, 0.05) is 30.1 Å². The van der Waals surface area contributed by atoms with E-state index >= 15 is 0 Å². The topological polar surface area (TPSA) is 105 Å². The highest BCUT2D eigenvalue weighted by molar-refractivity contribution is 7.92. The van der Waals surface area contributed by atoms with Crippen LogP contribution in [0.3, 0.4) is 0 Å². The highest BCUT2D eigenvalue weighted by Gasteiger charge is 2.36. The Balaban J connectivity index is 1.59. The van der Waals surface area contributed by atoms with Crippen LogP contribution in [-0.2, 0) is 32.6 Å². The summed E-state index contributed by atoms with van der Waals surface area (Å²) in [6.07, 6.45) is 5.12. The van der Waals surface area contributed by atoms with Crippen LogP contribution in [0.15, 0.2) is 108 Å². The Morgan fingerprint density at radius 3 is 2.12 bits per heavy atom. The van der Waals surface area contributed by atoms with Crippen molar-refractivity contribution in [1.82, 2.24) is 10.2 Å². The average molecular weight is 704 g/mol. The summed E-state index contributed by atoms with van der Waals surface area (Å²) in [4.78, 5) is 30.5. The fourth-order valence-electron chi connectivity index (χ4n) is 6.14. The zero-order valence-electron chi connectivity index (χ0n) is 27.8. The summed E-state index contributed by atoms with van der Waals surface area (Å²) in [6.45, 7) is -0.613. The van der Waals surface area contributed by atoms with Crippen molar-refractivity contribution in [2.24, 2.45) is 0 Å². The van der Waals surface area contributed by atoms with Crippen molar-refractivity contribution >= 4 is 39.1 Å². The molecule has 1 atom stereocenters. The van der Waals surface area contributed by atoms with Crippen molar-refractivity contribution in [2.75, 3.05) is 25.1 Å². The minimum atomic E-state index is -4.27. The molecule has 49 heavy (non-hydrogen) atoms.